The van der Waals surface area contributed by atoms with Gasteiger partial charge in [0, 0.05) is 13.1 Å². The molecule has 5 nitrogen and oxygen atoms in total. The third-order valence-electron chi connectivity index (χ3n) is 4.96. The fourth-order valence-electron chi connectivity index (χ4n) is 3.32. The van der Waals surface area contributed by atoms with E-state index in [1.54, 1.807) is 0 Å². The van der Waals surface area contributed by atoms with Gasteiger partial charge in [-0.3, -0.25) is 4.79 Å². The lowest BCUT2D eigenvalue weighted by Gasteiger charge is -2.24. The lowest BCUT2D eigenvalue weighted by atomic mass is 9.86. The molecule has 0 aromatic rings. The van der Waals surface area contributed by atoms with Crippen LogP contribution in [0, 0.1) is 10.8 Å². The molecule has 20 heavy (non-hydrogen) atoms. The maximum Gasteiger partial charge on any atom is 0.314 e. The standard InChI is InChI=1S/C15H26N2O3/c1-2-5-14(8-9-14)10-16-13(20)17-11-15(12(18)19)6-3-4-7-15/h2-11H2,1H3,(H,18,19)(H2,16,17,20). The number of carboxylic acid groups (broad SMARTS) is 1. The zero-order valence-electron chi connectivity index (χ0n) is 12.3. The highest BCUT2D eigenvalue weighted by Gasteiger charge is 2.43. The SMILES string of the molecule is CCCC1(CNC(=O)NCC2(C(=O)O)CCCC2)CC1. The molecule has 0 bridgehead atoms. The lowest BCUT2D eigenvalue weighted by Crippen LogP contribution is -2.46. The molecule has 5 heteroatoms. The zero-order valence-corrected chi connectivity index (χ0v) is 12.3. The molecule has 0 spiro atoms. The molecule has 2 saturated carbocycles. The maximum absolute atomic E-state index is 11.8. The first-order chi connectivity index (χ1) is 9.52. The summed E-state index contributed by atoms with van der Waals surface area (Å²) in [6.07, 6.45) is 7.91. The van der Waals surface area contributed by atoms with Crippen molar-refractivity contribution in [2.24, 2.45) is 10.8 Å². The van der Waals surface area contributed by atoms with Crippen LogP contribution < -0.4 is 10.6 Å². The Hall–Kier alpha value is -1.26. The number of aliphatic carboxylic acids is 1. The van der Waals surface area contributed by atoms with Crippen LogP contribution in [0.4, 0.5) is 4.79 Å². The molecular weight excluding hydrogens is 256 g/mol. The largest absolute Gasteiger partial charge is 0.481 e. The van der Waals surface area contributed by atoms with Gasteiger partial charge in [-0.05, 0) is 37.5 Å². The third-order valence-corrected chi connectivity index (χ3v) is 4.96. The van der Waals surface area contributed by atoms with Crippen LogP contribution in [-0.4, -0.2) is 30.2 Å². The Kier molecular flexibility index (Phi) is 4.55. The average Bonchev–Trinajstić information content (AvgIpc) is 3.01. The first-order valence-electron chi connectivity index (χ1n) is 7.77. The van der Waals surface area contributed by atoms with Crippen LogP contribution >= 0.6 is 0 Å². The van der Waals surface area contributed by atoms with Crippen LogP contribution in [0.1, 0.15) is 58.3 Å². The van der Waals surface area contributed by atoms with Gasteiger partial charge in [-0.15, -0.1) is 0 Å². The van der Waals surface area contributed by atoms with E-state index in [-0.39, 0.29) is 12.6 Å². The number of carbonyl (C=O) groups is 2. The second-order valence-electron chi connectivity index (χ2n) is 6.58. The second kappa shape index (κ2) is 6.02. The summed E-state index contributed by atoms with van der Waals surface area (Å²) in [6.45, 7) is 3.12. The van der Waals surface area contributed by atoms with E-state index in [9.17, 15) is 14.7 Å². The van der Waals surface area contributed by atoms with Crippen molar-refractivity contribution in [1.29, 1.82) is 0 Å². The molecule has 2 aliphatic carbocycles. The van der Waals surface area contributed by atoms with Crippen LogP contribution in [0.5, 0.6) is 0 Å². The van der Waals surface area contributed by atoms with E-state index < -0.39 is 11.4 Å². The summed E-state index contributed by atoms with van der Waals surface area (Å²) in [7, 11) is 0. The minimum Gasteiger partial charge on any atom is -0.481 e. The van der Waals surface area contributed by atoms with Gasteiger partial charge in [0.05, 0.1) is 5.41 Å². The number of hydrogen-bond donors (Lipinski definition) is 3. The Bertz CT molecular complexity index is 371. The van der Waals surface area contributed by atoms with E-state index in [0.717, 1.165) is 25.7 Å². The van der Waals surface area contributed by atoms with Gasteiger partial charge in [-0.1, -0.05) is 26.2 Å². The van der Waals surface area contributed by atoms with Gasteiger partial charge in [0.15, 0.2) is 0 Å². The van der Waals surface area contributed by atoms with Crippen LogP contribution in [0.3, 0.4) is 0 Å². The lowest BCUT2D eigenvalue weighted by molar-refractivity contribution is -0.148. The number of carboxylic acids is 1. The number of amides is 2. The molecule has 0 aromatic heterocycles. The van der Waals surface area contributed by atoms with Gasteiger partial charge in [-0.25, -0.2) is 4.79 Å². The molecule has 2 amide bonds. The van der Waals surface area contributed by atoms with Crippen LogP contribution in [0.25, 0.3) is 0 Å². The number of carbonyl (C=O) groups excluding carboxylic acids is 1. The van der Waals surface area contributed by atoms with Crippen molar-refractivity contribution in [1.82, 2.24) is 10.6 Å². The summed E-state index contributed by atoms with van der Waals surface area (Å²) < 4.78 is 0. The molecule has 0 aliphatic heterocycles. The Labute approximate surface area is 120 Å². The fraction of sp³-hybridized carbons (Fsp3) is 0.867. The number of hydrogen-bond acceptors (Lipinski definition) is 2. The van der Waals surface area contributed by atoms with E-state index >= 15 is 0 Å². The van der Waals surface area contributed by atoms with Crippen LogP contribution in [0.15, 0.2) is 0 Å². The highest BCUT2D eigenvalue weighted by atomic mass is 16.4. The average molecular weight is 282 g/mol. The summed E-state index contributed by atoms with van der Waals surface area (Å²) in [4.78, 5) is 23.2. The monoisotopic (exact) mass is 282 g/mol. The van der Waals surface area contributed by atoms with Gasteiger partial charge in [0.1, 0.15) is 0 Å². The normalized spacial score (nSPS) is 22.2. The van der Waals surface area contributed by atoms with Crippen LogP contribution in [0.2, 0.25) is 0 Å². The summed E-state index contributed by atoms with van der Waals surface area (Å²) in [5.74, 6) is -0.778. The van der Waals surface area contributed by atoms with E-state index in [1.165, 1.54) is 12.8 Å². The minimum absolute atomic E-state index is 0.222. The van der Waals surface area contributed by atoms with E-state index in [4.69, 9.17) is 0 Å². The van der Waals surface area contributed by atoms with Crippen molar-refractivity contribution in [3.63, 3.8) is 0 Å². The van der Waals surface area contributed by atoms with Gasteiger partial charge in [0.25, 0.3) is 0 Å². The molecular formula is C15H26N2O3. The van der Waals surface area contributed by atoms with Crippen molar-refractivity contribution < 1.29 is 14.7 Å². The minimum atomic E-state index is -0.778. The highest BCUT2D eigenvalue weighted by Crippen LogP contribution is 2.48. The third kappa shape index (κ3) is 3.44. The second-order valence-corrected chi connectivity index (χ2v) is 6.58. The maximum atomic E-state index is 11.8. The molecule has 2 aliphatic rings. The molecule has 3 N–H and O–H groups in total. The molecule has 0 atom stereocenters. The van der Waals surface area contributed by atoms with Crippen LogP contribution in [-0.2, 0) is 4.79 Å². The van der Waals surface area contributed by atoms with E-state index in [1.807, 2.05) is 0 Å². The van der Waals surface area contributed by atoms with Gasteiger partial charge >= 0.3 is 12.0 Å². The van der Waals surface area contributed by atoms with E-state index in [2.05, 4.69) is 17.6 Å². The molecule has 0 heterocycles. The van der Waals surface area contributed by atoms with Crippen molar-refractivity contribution in [2.45, 2.75) is 58.3 Å². The topological polar surface area (TPSA) is 78.4 Å². The van der Waals surface area contributed by atoms with Gasteiger partial charge in [0.2, 0.25) is 0 Å². The summed E-state index contributed by atoms with van der Waals surface area (Å²) >= 11 is 0. The Morgan fingerprint density at radius 2 is 1.65 bits per heavy atom. The predicted molar refractivity (Wildman–Crippen MR) is 76.5 cm³/mol. The smallest absolute Gasteiger partial charge is 0.314 e. The fourth-order valence-corrected chi connectivity index (χ4v) is 3.32. The quantitative estimate of drug-likeness (QED) is 0.671. The molecule has 0 radical (unpaired) electrons. The molecule has 0 saturated heterocycles. The van der Waals surface area contributed by atoms with Gasteiger partial charge in [-0.2, -0.15) is 0 Å². The first kappa shape index (κ1) is 15.1. The first-order valence-corrected chi connectivity index (χ1v) is 7.77. The Morgan fingerprint density at radius 1 is 1.05 bits per heavy atom. The number of nitrogens with one attached hydrogen (secondary N) is 2. The summed E-state index contributed by atoms with van der Waals surface area (Å²) in [5, 5.41) is 15.0. The van der Waals surface area contributed by atoms with Gasteiger partial charge < -0.3 is 15.7 Å². The van der Waals surface area contributed by atoms with Crippen molar-refractivity contribution >= 4 is 12.0 Å². The predicted octanol–water partition coefficient (Wildman–Crippen LogP) is 2.51. The Balaban J connectivity index is 1.73. The van der Waals surface area contributed by atoms with Crippen molar-refractivity contribution in [3.8, 4) is 0 Å². The molecule has 2 fully saturated rings. The number of urea groups is 1. The Morgan fingerprint density at radius 3 is 2.15 bits per heavy atom. The highest BCUT2D eigenvalue weighted by molar-refractivity contribution is 5.78. The summed E-state index contributed by atoms with van der Waals surface area (Å²) in [6, 6.07) is -0.222. The zero-order chi connectivity index (χ0) is 14.6. The van der Waals surface area contributed by atoms with Crippen molar-refractivity contribution in [2.75, 3.05) is 13.1 Å². The number of rotatable bonds is 7. The summed E-state index contributed by atoms with van der Waals surface area (Å²) in [5.41, 5.74) is -0.415. The molecule has 2 rings (SSSR count). The molecule has 0 aromatic carbocycles. The molecule has 114 valence electrons. The molecule has 0 unspecified atom stereocenters. The van der Waals surface area contributed by atoms with E-state index in [0.29, 0.717) is 24.8 Å². The van der Waals surface area contributed by atoms with Crippen molar-refractivity contribution in [3.05, 3.63) is 0 Å².